The number of aromatic carboxylic acids is 1. The number of ether oxygens (including phenoxy) is 1. The normalized spacial score (nSPS) is 21.6. The van der Waals surface area contributed by atoms with E-state index < -0.39 is 17.8 Å². The second-order valence-electron chi connectivity index (χ2n) is 5.42. The summed E-state index contributed by atoms with van der Waals surface area (Å²) in [5.74, 6) is -1.06. The first-order chi connectivity index (χ1) is 9.97. The third-order valence-electron chi connectivity index (χ3n) is 3.73. The number of carboxylic acids is 1. The van der Waals surface area contributed by atoms with Gasteiger partial charge in [-0.05, 0) is 43.7 Å². The molecule has 0 unspecified atom stereocenters. The van der Waals surface area contributed by atoms with E-state index in [9.17, 15) is 14.7 Å². The number of hydrogen-bond donors (Lipinski definition) is 3. The van der Waals surface area contributed by atoms with Crippen LogP contribution >= 0.6 is 0 Å². The largest absolute Gasteiger partial charge is 0.507 e. The fourth-order valence-electron chi connectivity index (χ4n) is 2.51. The minimum absolute atomic E-state index is 0.0247. The minimum Gasteiger partial charge on any atom is -0.507 e. The molecule has 114 valence electrons. The number of benzene rings is 1. The van der Waals surface area contributed by atoms with Crippen LogP contribution < -0.4 is 5.32 Å². The first-order valence-electron chi connectivity index (χ1n) is 7.00. The van der Waals surface area contributed by atoms with Gasteiger partial charge in [0.25, 0.3) is 0 Å². The van der Waals surface area contributed by atoms with Gasteiger partial charge in [0.05, 0.1) is 5.69 Å². The smallest absolute Gasteiger partial charge is 0.411 e. The first-order valence-corrected chi connectivity index (χ1v) is 7.00. The van der Waals surface area contributed by atoms with Crippen molar-refractivity contribution < 1.29 is 24.5 Å². The second-order valence-corrected chi connectivity index (χ2v) is 5.42. The van der Waals surface area contributed by atoms with Gasteiger partial charge in [-0.25, -0.2) is 9.59 Å². The molecule has 1 aliphatic carbocycles. The van der Waals surface area contributed by atoms with E-state index in [2.05, 4.69) is 12.2 Å². The van der Waals surface area contributed by atoms with Crippen LogP contribution in [0.5, 0.6) is 5.75 Å². The SMILES string of the molecule is CC1CCC(OC(=O)Nc2cccc(O)c2C(=O)O)CC1. The standard InChI is InChI=1S/C15H19NO5/c1-9-5-7-10(8-6-9)21-15(20)16-11-3-2-4-12(17)13(11)14(18)19/h2-4,9-10,17H,5-8H2,1H3,(H,16,20)(H,18,19). The van der Waals surface area contributed by atoms with E-state index in [1.54, 1.807) is 0 Å². The van der Waals surface area contributed by atoms with Gasteiger partial charge in [-0.15, -0.1) is 0 Å². The Labute approximate surface area is 122 Å². The molecule has 1 aliphatic rings. The molecule has 2 rings (SSSR count). The number of phenols is 1. The Morgan fingerprint density at radius 3 is 2.52 bits per heavy atom. The zero-order valence-electron chi connectivity index (χ0n) is 11.8. The second kappa shape index (κ2) is 6.47. The highest BCUT2D eigenvalue weighted by atomic mass is 16.6. The Balaban J connectivity index is 2.00. The average molecular weight is 293 g/mol. The number of hydrogen-bond acceptors (Lipinski definition) is 4. The molecule has 1 aromatic carbocycles. The molecule has 0 bridgehead atoms. The van der Waals surface area contributed by atoms with Crippen LogP contribution in [0.4, 0.5) is 10.5 Å². The number of aromatic hydroxyl groups is 1. The predicted octanol–water partition coefficient (Wildman–Crippen LogP) is 3.22. The van der Waals surface area contributed by atoms with Crippen LogP contribution in [0, 0.1) is 5.92 Å². The number of carbonyl (C=O) groups excluding carboxylic acids is 1. The third kappa shape index (κ3) is 3.87. The first kappa shape index (κ1) is 15.2. The molecular weight excluding hydrogens is 274 g/mol. The number of anilines is 1. The number of nitrogens with one attached hydrogen (secondary N) is 1. The van der Waals surface area contributed by atoms with Crippen molar-refractivity contribution in [3.63, 3.8) is 0 Å². The van der Waals surface area contributed by atoms with Gasteiger partial charge >= 0.3 is 12.1 Å². The van der Waals surface area contributed by atoms with Gasteiger partial charge < -0.3 is 14.9 Å². The van der Waals surface area contributed by atoms with Gasteiger partial charge in [0.15, 0.2) is 0 Å². The summed E-state index contributed by atoms with van der Waals surface area (Å²) in [6.07, 6.45) is 2.85. The predicted molar refractivity (Wildman–Crippen MR) is 76.6 cm³/mol. The lowest BCUT2D eigenvalue weighted by molar-refractivity contribution is 0.0695. The maximum absolute atomic E-state index is 11.8. The number of rotatable bonds is 3. The van der Waals surface area contributed by atoms with Crippen LogP contribution in [-0.4, -0.2) is 28.4 Å². The quantitative estimate of drug-likeness (QED) is 0.795. The van der Waals surface area contributed by atoms with Gasteiger partial charge in [0, 0.05) is 0 Å². The summed E-state index contributed by atoms with van der Waals surface area (Å²) in [6.45, 7) is 2.17. The number of amides is 1. The highest BCUT2D eigenvalue weighted by Gasteiger charge is 2.23. The van der Waals surface area contributed by atoms with E-state index >= 15 is 0 Å². The molecule has 6 heteroatoms. The molecule has 1 aromatic rings. The minimum atomic E-state index is -1.31. The van der Waals surface area contributed by atoms with Gasteiger partial charge in [-0.1, -0.05) is 13.0 Å². The lowest BCUT2D eigenvalue weighted by Crippen LogP contribution is -2.26. The molecule has 0 spiro atoms. The maximum atomic E-state index is 11.8. The van der Waals surface area contributed by atoms with Gasteiger partial charge in [-0.2, -0.15) is 0 Å². The Hall–Kier alpha value is -2.24. The summed E-state index contributed by atoms with van der Waals surface area (Å²) in [4.78, 5) is 22.9. The molecule has 0 heterocycles. The highest BCUT2D eigenvalue weighted by molar-refractivity contribution is 6.01. The lowest BCUT2D eigenvalue weighted by atomic mass is 9.89. The molecule has 0 atom stereocenters. The fourth-order valence-corrected chi connectivity index (χ4v) is 2.51. The van der Waals surface area contributed by atoms with Crippen molar-refractivity contribution in [2.24, 2.45) is 5.92 Å². The molecule has 0 aromatic heterocycles. The molecule has 0 aliphatic heterocycles. The van der Waals surface area contributed by atoms with Crippen LogP contribution in [-0.2, 0) is 4.74 Å². The molecule has 0 radical (unpaired) electrons. The van der Waals surface area contributed by atoms with Crippen LogP contribution in [0.2, 0.25) is 0 Å². The monoisotopic (exact) mass is 293 g/mol. The Bertz CT molecular complexity index is 535. The molecule has 1 saturated carbocycles. The Morgan fingerprint density at radius 2 is 1.90 bits per heavy atom. The lowest BCUT2D eigenvalue weighted by Gasteiger charge is -2.26. The van der Waals surface area contributed by atoms with Crippen molar-refractivity contribution in [3.8, 4) is 5.75 Å². The van der Waals surface area contributed by atoms with E-state index in [1.165, 1.54) is 18.2 Å². The van der Waals surface area contributed by atoms with Crippen molar-refractivity contribution in [2.75, 3.05) is 5.32 Å². The number of carbonyl (C=O) groups is 2. The van der Waals surface area contributed by atoms with Crippen molar-refractivity contribution in [3.05, 3.63) is 23.8 Å². The Morgan fingerprint density at radius 1 is 1.24 bits per heavy atom. The average Bonchev–Trinajstić information content (AvgIpc) is 2.41. The molecular formula is C15H19NO5. The van der Waals surface area contributed by atoms with Gasteiger partial charge in [0.1, 0.15) is 17.4 Å². The summed E-state index contributed by atoms with van der Waals surface area (Å²) in [5.41, 5.74) is -0.316. The van der Waals surface area contributed by atoms with E-state index in [1.807, 2.05) is 0 Å². The Kier molecular flexibility index (Phi) is 4.67. The van der Waals surface area contributed by atoms with Crippen molar-refractivity contribution >= 4 is 17.7 Å². The van der Waals surface area contributed by atoms with Gasteiger partial charge in [-0.3, -0.25) is 5.32 Å². The van der Waals surface area contributed by atoms with E-state index in [0.29, 0.717) is 5.92 Å². The summed E-state index contributed by atoms with van der Waals surface area (Å²) in [6, 6.07) is 4.12. The summed E-state index contributed by atoms with van der Waals surface area (Å²) in [5, 5.41) is 21.0. The van der Waals surface area contributed by atoms with Crippen molar-refractivity contribution in [1.82, 2.24) is 0 Å². The van der Waals surface area contributed by atoms with E-state index in [-0.39, 0.29) is 17.4 Å². The summed E-state index contributed by atoms with van der Waals surface area (Å²) in [7, 11) is 0. The van der Waals surface area contributed by atoms with Crippen LogP contribution in [0.15, 0.2) is 18.2 Å². The highest BCUT2D eigenvalue weighted by Crippen LogP contribution is 2.27. The topological polar surface area (TPSA) is 95.9 Å². The molecule has 1 fully saturated rings. The summed E-state index contributed by atoms with van der Waals surface area (Å²) < 4.78 is 5.29. The molecule has 6 nitrogen and oxygen atoms in total. The van der Waals surface area contributed by atoms with Crippen molar-refractivity contribution in [2.45, 2.75) is 38.7 Å². The van der Waals surface area contributed by atoms with E-state index in [4.69, 9.17) is 9.84 Å². The zero-order chi connectivity index (χ0) is 15.4. The maximum Gasteiger partial charge on any atom is 0.411 e. The molecule has 3 N–H and O–H groups in total. The number of carboxylic acid groups (broad SMARTS) is 1. The van der Waals surface area contributed by atoms with Crippen LogP contribution in [0.1, 0.15) is 43.0 Å². The third-order valence-corrected chi connectivity index (χ3v) is 3.73. The van der Waals surface area contributed by atoms with Gasteiger partial charge in [0.2, 0.25) is 0 Å². The molecule has 0 saturated heterocycles. The summed E-state index contributed by atoms with van der Waals surface area (Å²) >= 11 is 0. The van der Waals surface area contributed by atoms with Crippen LogP contribution in [0.3, 0.4) is 0 Å². The van der Waals surface area contributed by atoms with E-state index in [0.717, 1.165) is 25.7 Å². The van der Waals surface area contributed by atoms with Crippen molar-refractivity contribution in [1.29, 1.82) is 0 Å². The molecule has 21 heavy (non-hydrogen) atoms. The zero-order valence-corrected chi connectivity index (χ0v) is 11.8. The molecule has 1 amide bonds. The fraction of sp³-hybridized carbons (Fsp3) is 0.467. The van der Waals surface area contributed by atoms with Crippen LogP contribution in [0.25, 0.3) is 0 Å².